The lowest BCUT2D eigenvalue weighted by molar-refractivity contribution is -0.120. The summed E-state index contributed by atoms with van der Waals surface area (Å²) in [4.78, 5) is 12.2. The zero-order valence-electron chi connectivity index (χ0n) is 9.50. The molecule has 3 rings (SSSR count). The second-order valence-electron chi connectivity index (χ2n) is 4.82. The Morgan fingerprint density at radius 2 is 2.00 bits per heavy atom. The van der Waals surface area contributed by atoms with E-state index in [4.69, 9.17) is 0 Å². The maximum Gasteiger partial charge on any atom is 0.229 e. The molecule has 1 heterocycles. The fourth-order valence-electron chi connectivity index (χ4n) is 2.79. The number of hydrogen-bond acceptors (Lipinski definition) is 2. The first kappa shape index (κ1) is 11.3. The first-order chi connectivity index (χ1) is 8.24. The minimum atomic E-state index is 0.133. The molecule has 0 bridgehead atoms. The van der Waals surface area contributed by atoms with Gasteiger partial charge in [0, 0.05) is 9.61 Å². The first-order valence-corrected chi connectivity index (χ1v) is 7.19. The van der Waals surface area contributed by atoms with Gasteiger partial charge in [-0.2, -0.15) is 0 Å². The Bertz CT molecular complexity index is 461. The molecule has 1 amide bonds. The lowest BCUT2D eigenvalue weighted by atomic mass is 9.84. The standard InChI is InChI=1S/C13H15IN2O/c14-8-5-6-11-12(7-8)16-13(17)9-3-1-2-4-10(9)15-11/h5-7,9-10,15H,1-4H2,(H,16,17). The van der Waals surface area contributed by atoms with E-state index in [9.17, 15) is 4.79 Å². The molecule has 2 unspecified atom stereocenters. The van der Waals surface area contributed by atoms with E-state index in [-0.39, 0.29) is 11.8 Å². The number of hydrogen-bond donors (Lipinski definition) is 2. The predicted octanol–water partition coefficient (Wildman–Crippen LogP) is 3.21. The molecule has 0 spiro atoms. The third-order valence-corrected chi connectivity index (χ3v) is 4.35. The number of carbonyl (C=O) groups is 1. The van der Waals surface area contributed by atoms with E-state index in [0.717, 1.165) is 27.8 Å². The maximum atomic E-state index is 12.2. The van der Waals surface area contributed by atoms with Gasteiger partial charge in [0.05, 0.1) is 17.3 Å². The second kappa shape index (κ2) is 4.48. The Morgan fingerprint density at radius 1 is 1.18 bits per heavy atom. The van der Waals surface area contributed by atoms with Crippen molar-refractivity contribution >= 4 is 39.9 Å². The number of benzene rings is 1. The van der Waals surface area contributed by atoms with Gasteiger partial charge in [-0.25, -0.2) is 0 Å². The van der Waals surface area contributed by atoms with Crippen LogP contribution in [0.1, 0.15) is 25.7 Å². The van der Waals surface area contributed by atoms with Gasteiger partial charge in [-0.1, -0.05) is 12.8 Å². The molecule has 0 aromatic heterocycles. The average Bonchev–Trinajstić information content (AvgIpc) is 2.46. The molecule has 1 aliphatic carbocycles. The van der Waals surface area contributed by atoms with E-state index in [0.29, 0.717) is 6.04 Å². The van der Waals surface area contributed by atoms with Crippen LogP contribution in [-0.2, 0) is 4.79 Å². The lowest BCUT2D eigenvalue weighted by Crippen LogP contribution is -2.37. The molecule has 1 aliphatic heterocycles. The van der Waals surface area contributed by atoms with E-state index in [1.54, 1.807) is 0 Å². The highest BCUT2D eigenvalue weighted by Crippen LogP contribution is 2.35. The van der Waals surface area contributed by atoms with Crippen molar-refractivity contribution in [3.05, 3.63) is 21.8 Å². The molecule has 3 nitrogen and oxygen atoms in total. The van der Waals surface area contributed by atoms with Crippen LogP contribution in [0.3, 0.4) is 0 Å². The number of nitrogens with one attached hydrogen (secondary N) is 2. The molecule has 1 fully saturated rings. The summed E-state index contributed by atoms with van der Waals surface area (Å²) in [6.45, 7) is 0. The van der Waals surface area contributed by atoms with Crippen molar-refractivity contribution in [1.29, 1.82) is 0 Å². The largest absolute Gasteiger partial charge is 0.380 e. The van der Waals surface area contributed by atoms with Crippen LogP contribution in [0, 0.1) is 9.49 Å². The molecule has 90 valence electrons. The molecule has 2 atom stereocenters. The van der Waals surface area contributed by atoms with Gasteiger partial charge in [-0.3, -0.25) is 4.79 Å². The molecule has 0 radical (unpaired) electrons. The van der Waals surface area contributed by atoms with Crippen LogP contribution in [0.15, 0.2) is 18.2 Å². The highest BCUT2D eigenvalue weighted by molar-refractivity contribution is 14.1. The van der Waals surface area contributed by atoms with Gasteiger partial charge in [-0.05, 0) is 53.6 Å². The van der Waals surface area contributed by atoms with Crippen LogP contribution in [0.4, 0.5) is 11.4 Å². The fraction of sp³-hybridized carbons (Fsp3) is 0.462. The molecule has 4 heteroatoms. The van der Waals surface area contributed by atoms with E-state index in [1.165, 1.54) is 12.8 Å². The highest BCUT2D eigenvalue weighted by atomic mass is 127. The number of halogens is 1. The molecular weight excluding hydrogens is 327 g/mol. The zero-order chi connectivity index (χ0) is 11.8. The molecule has 1 aromatic carbocycles. The van der Waals surface area contributed by atoms with Crippen LogP contribution in [0.25, 0.3) is 0 Å². The molecule has 2 aliphatic rings. The van der Waals surface area contributed by atoms with Crippen LogP contribution in [0.2, 0.25) is 0 Å². The van der Waals surface area contributed by atoms with Gasteiger partial charge >= 0.3 is 0 Å². The monoisotopic (exact) mass is 342 g/mol. The van der Waals surface area contributed by atoms with Gasteiger partial charge in [0.15, 0.2) is 0 Å². The summed E-state index contributed by atoms with van der Waals surface area (Å²) in [6.07, 6.45) is 4.50. The molecule has 17 heavy (non-hydrogen) atoms. The first-order valence-electron chi connectivity index (χ1n) is 6.11. The SMILES string of the molecule is O=C1Nc2cc(I)ccc2NC2CCCCC12. The van der Waals surface area contributed by atoms with E-state index < -0.39 is 0 Å². The number of carbonyl (C=O) groups excluding carboxylic acids is 1. The number of anilines is 2. The summed E-state index contributed by atoms with van der Waals surface area (Å²) >= 11 is 2.27. The maximum absolute atomic E-state index is 12.2. The zero-order valence-corrected chi connectivity index (χ0v) is 11.7. The summed E-state index contributed by atoms with van der Waals surface area (Å²) in [6, 6.07) is 6.47. The predicted molar refractivity (Wildman–Crippen MR) is 77.2 cm³/mol. The van der Waals surface area contributed by atoms with Crippen LogP contribution in [-0.4, -0.2) is 11.9 Å². The lowest BCUT2D eigenvalue weighted by Gasteiger charge is -2.29. The second-order valence-corrected chi connectivity index (χ2v) is 6.07. The number of fused-ring (bicyclic) bond motifs is 2. The van der Waals surface area contributed by atoms with E-state index in [1.807, 2.05) is 6.07 Å². The molecular formula is C13H15IN2O. The van der Waals surface area contributed by atoms with Gasteiger partial charge in [0.25, 0.3) is 0 Å². The summed E-state index contributed by atoms with van der Waals surface area (Å²) in [5.41, 5.74) is 1.99. The third kappa shape index (κ3) is 2.14. The van der Waals surface area contributed by atoms with Crippen molar-refractivity contribution < 1.29 is 4.79 Å². The fourth-order valence-corrected chi connectivity index (χ4v) is 3.28. The van der Waals surface area contributed by atoms with Crippen LogP contribution >= 0.6 is 22.6 Å². The topological polar surface area (TPSA) is 41.1 Å². The van der Waals surface area contributed by atoms with Crippen molar-refractivity contribution in [2.75, 3.05) is 10.6 Å². The summed E-state index contributed by atoms with van der Waals surface area (Å²) in [5.74, 6) is 0.316. The Morgan fingerprint density at radius 3 is 2.88 bits per heavy atom. The van der Waals surface area contributed by atoms with Crippen molar-refractivity contribution in [1.82, 2.24) is 0 Å². The Balaban J connectivity index is 1.97. The van der Waals surface area contributed by atoms with E-state index >= 15 is 0 Å². The van der Waals surface area contributed by atoms with Gasteiger partial charge in [0.1, 0.15) is 0 Å². The average molecular weight is 342 g/mol. The van der Waals surface area contributed by atoms with Crippen LogP contribution in [0.5, 0.6) is 0 Å². The van der Waals surface area contributed by atoms with E-state index in [2.05, 4.69) is 45.4 Å². The van der Waals surface area contributed by atoms with Crippen LogP contribution < -0.4 is 10.6 Å². The van der Waals surface area contributed by atoms with Gasteiger partial charge in [0.2, 0.25) is 5.91 Å². The van der Waals surface area contributed by atoms with Crippen molar-refractivity contribution in [3.8, 4) is 0 Å². The summed E-state index contributed by atoms with van der Waals surface area (Å²) in [5, 5.41) is 6.59. The minimum absolute atomic E-state index is 0.133. The smallest absolute Gasteiger partial charge is 0.229 e. The van der Waals surface area contributed by atoms with Crippen molar-refractivity contribution in [2.24, 2.45) is 5.92 Å². The van der Waals surface area contributed by atoms with Crippen molar-refractivity contribution in [3.63, 3.8) is 0 Å². The molecule has 0 saturated heterocycles. The summed E-state index contributed by atoms with van der Waals surface area (Å²) in [7, 11) is 0. The quantitative estimate of drug-likeness (QED) is 0.711. The van der Waals surface area contributed by atoms with Gasteiger partial charge in [-0.15, -0.1) is 0 Å². The molecule has 2 N–H and O–H groups in total. The molecule has 1 aromatic rings. The Labute approximate surface area is 114 Å². The Kier molecular flexibility index (Phi) is 2.98. The van der Waals surface area contributed by atoms with Crippen molar-refractivity contribution in [2.45, 2.75) is 31.7 Å². The minimum Gasteiger partial charge on any atom is -0.380 e. The number of rotatable bonds is 0. The highest BCUT2D eigenvalue weighted by Gasteiger charge is 2.33. The van der Waals surface area contributed by atoms with Gasteiger partial charge < -0.3 is 10.6 Å². The normalized spacial score (nSPS) is 27.2. The molecule has 1 saturated carbocycles. The number of amides is 1. The third-order valence-electron chi connectivity index (χ3n) is 3.68. The summed E-state index contributed by atoms with van der Waals surface area (Å²) < 4.78 is 1.15. The Hall–Kier alpha value is -0.780.